The van der Waals surface area contributed by atoms with E-state index in [4.69, 9.17) is 29.0 Å². The SMILES string of the molecule is CC(C)(C)c1nnc(SCC(=O)Nc2cccc(Cl)c2Cl)n1N. The molecule has 1 aromatic carbocycles. The predicted molar refractivity (Wildman–Crippen MR) is 94.7 cm³/mol. The van der Waals surface area contributed by atoms with Crippen LogP contribution < -0.4 is 11.2 Å². The topological polar surface area (TPSA) is 85.8 Å². The van der Waals surface area contributed by atoms with E-state index in [0.29, 0.717) is 26.7 Å². The summed E-state index contributed by atoms with van der Waals surface area (Å²) in [4.78, 5) is 12.0. The molecule has 124 valence electrons. The predicted octanol–water partition coefficient (Wildman–Crippen LogP) is 3.33. The Kier molecular flexibility index (Phi) is 5.44. The molecule has 0 saturated carbocycles. The standard InChI is InChI=1S/C14H17Cl2N5OS/c1-14(2,3)12-19-20-13(21(12)17)23-7-10(22)18-9-6-4-5-8(15)11(9)16/h4-6H,7,17H2,1-3H3,(H,18,22). The zero-order chi connectivity index (χ0) is 17.2. The summed E-state index contributed by atoms with van der Waals surface area (Å²) in [5, 5.41) is 12.0. The number of aromatic nitrogens is 3. The molecule has 0 radical (unpaired) electrons. The molecule has 3 N–H and O–H groups in total. The number of rotatable bonds is 4. The van der Waals surface area contributed by atoms with Crippen molar-refractivity contribution in [3.63, 3.8) is 0 Å². The maximum absolute atomic E-state index is 12.0. The second kappa shape index (κ2) is 6.98. The van der Waals surface area contributed by atoms with Crippen molar-refractivity contribution in [2.45, 2.75) is 31.3 Å². The third-order valence-corrected chi connectivity index (χ3v) is 4.66. The second-order valence-corrected chi connectivity index (χ2v) is 7.59. The Morgan fingerprint density at radius 1 is 1.35 bits per heavy atom. The number of carbonyl (C=O) groups excluding carboxylic acids is 1. The van der Waals surface area contributed by atoms with Gasteiger partial charge >= 0.3 is 0 Å². The first-order valence-corrected chi connectivity index (χ1v) is 8.52. The highest BCUT2D eigenvalue weighted by Gasteiger charge is 2.23. The average Bonchev–Trinajstić information content (AvgIpc) is 2.83. The molecule has 1 amide bonds. The van der Waals surface area contributed by atoms with Gasteiger partial charge in [0.05, 0.1) is 21.5 Å². The van der Waals surface area contributed by atoms with Gasteiger partial charge in [-0.25, -0.2) is 4.68 Å². The molecule has 9 heteroatoms. The summed E-state index contributed by atoms with van der Waals surface area (Å²) in [5.41, 5.74) is 0.242. The summed E-state index contributed by atoms with van der Waals surface area (Å²) in [6.07, 6.45) is 0. The van der Waals surface area contributed by atoms with E-state index in [1.54, 1.807) is 18.2 Å². The molecule has 0 fully saturated rings. The molecule has 2 aromatic rings. The van der Waals surface area contributed by atoms with Gasteiger partial charge in [0.25, 0.3) is 0 Å². The van der Waals surface area contributed by atoms with Crippen LogP contribution in [0.2, 0.25) is 10.0 Å². The number of nitrogen functional groups attached to an aromatic ring is 1. The van der Waals surface area contributed by atoms with Crippen molar-refractivity contribution in [1.29, 1.82) is 0 Å². The first kappa shape index (κ1) is 17.9. The summed E-state index contributed by atoms with van der Waals surface area (Å²) in [6.45, 7) is 5.97. The molecular weight excluding hydrogens is 357 g/mol. The van der Waals surface area contributed by atoms with Crippen LogP contribution in [0.4, 0.5) is 5.69 Å². The number of benzene rings is 1. The van der Waals surface area contributed by atoms with E-state index in [-0.39, 0.29) is 17.1 Å². The lowest BCUT2D eigenvalue weighted by Gasteiger charge is -2.16. The van der Waals surface area contributed by atoms with Gasteiger partial charge in [-0.3, -0.25) is 4.79 Å². The van der Waals surface area contributed by atoms with Gasteiger partial charge < -0.3 is 11.2 Å². The summed E-state index contributed by atoms with van der Waals surface area (Å²) in [7, 11) is 0. The molecular formula is C14H17Cl2N5OS. The molecule has 0 aliphatic heterocycles. The molecule has 2 rings (SSSR count). The van der Waals surface area contributed by atoms with Crippen molar-refractivity contribution in [3.8, 4) is 0 Å². The number of carbonyl (C=O) groups is 1. The molecule has 0 bridgehead atoms. The van der Waals surface area contributed by atoms with Crippen molar-refractivity contribution >= 4 is 46.6 Å². The van der Waals surface area contributed by atoms with Gasteiger partial charge in [-0.1, -0.05) is 61.8 Å². The van der Waals surface area contributed by atoms with Gasteiger partial charge in [0, 0.05) is 5.41 Å². The first-order chi connectivity index (χ1) is 10.7. The van der Waals surface area contributed by atoms with E-state index < -0.39 is 0 Å². The van der Waals surface area contributed by atoms with Crippen LogP contribution in [0.15, 0.2) is 23.4 Å². The Bertz CT molecular complexity index is 726. The number of hydrogen-bond acceptors (Lipinski definition) is 5. The van der Waals surface area contributed by atoms with Crippen LogP contribution in [-0.2, 0) is 10.2 Å². The number of nitrogens with two attached hydrogens (primary N) is 1. The van der Waals surface area contributed by atoms with Gasteiger partial charge in [0.2, 0.25) is 11.1 Å². The van der Waals surface area contributed by atoms with Crippen molar-refractivity contribution in [2.75, 3.05) is 16.9 Å². The van der Waals surface area contributed by atoms with Crippen LogP contribution in [0.3, 0.4) is 0 Å². The van der Waals surface area contributed by atoms with Crippen LogP contribution in [0.25, 0.3) is 0 Å². The highest BCUT2D eigenvalue weighted by Crippen LogP contribution is 2.30. The average molecular weight is 374 g/mol. The van der Waals surface area contributed by atoms with Crippen LogP contribution >= 0.6 is 35.0 Å². The fourth-order valence-corrected chi connectivity index (χ4v) is 2.81. The molecule has 0 unspecified atom stereocenters. The van der Waals surface area contributed by atoms with Gasteiger partial charge in [-0.2, -0.15) is 0 Å². The number of hydrogen-bond donors (Lipinski definition) is 2. The molecule has 0 saturated heterocycles. The lowest BCUT2D eigenvalue weighted by Crippen LogP contribution is -2.24. The zero-order valence-electron chi connectivity index (χ0n) is 12.9. The van der Waals surface area contributed by atoms with Crippen molar-refractivity contribution in [3.05, 3.63) is 34.1 Å². The van der Waals surface area contributed by atoms with Crippen LogP contribution in [0.5, 0.6) is 0 Å². The van der Waals surface area contributed by atoms with Crippen LogP contribution in [-0.4, -0.2) is 26.5 Å². The van der Waals surface area contributed by atoms with E-state index in [0.717, 1.165) is 0 Å². The zero-order valence-corrected chi connectivity index (χ0v) is 15.3. The number of thioether (sulfide) groups is 1. The van der Waals surface area contributed by atoms with E-state index in [2.05, 4.69) is 15.5 Å². The van der Waals surface area contributed by atoms with Crippen LogP contribution in [0.1, 0.15) is 26.6 Å². The molecule has 0 aliphatic carbocycles. The number of anilines is 1. The summed E-state index contributed by atoms with van der Waals surface area (Å²) < 4.78 is 1.41. The molecule has 1 aromatic heterocycles. The highest BCUT2D eigenvalue weighted by atomic mass is 35.5. The van der Waals surface area contributed by atoms with Gasteiger partial charge in [-0.05, 0) is 12.1 Å². The quantitative estimate of drug-likeness (QED) is 0.633. The minimum Gasteiger partial charge on any atom is -0.336 e. The monoisotopic (exact) mass is 373 g/mol. The number of halogens is 2. The Hall–Kier alpha value is -1.44. The maximum Gasteiger partial charge on any atom is 0.234 e. The maximum atomic E-state index is 12.0. The van der Waals surface area contributed by atoms with Crippen molar-refractivity contribution < 1.29 is 4.79 Å². The molecule has 23 heavy (non-hydrogen) atoms. The van der Waals surface area contributed by atoms with Crippen molar-refractivity contribution in [1.82, 2.24) is 14.9 Å². The van der Waals surface area contributed by atoms with Crippen molar-refractivity contribution in [2.24, 2.45) is 0 Å². The van der Waals surface area contributed by atoms with E-state index in [1.165, 1.54) is 16.4 Å². The Balaban J connectivity index is 2.00. The summed E-state index contributed by atoms with van der Waals surface area (Å²) in [6, 6.07) is 5.04. The smallest absolute Gasteiger partial charge is 0.234 e. The number of amides is 1. The molecule has 0 atom stereocenters. The molecule has 0 spiro atoms. The lowest BCUT2D eigenvalue weighted by atomic mass is 9.96. The Labute approximate surface area is 148 Å². The number of nitrogens with zero attached hydrogens (tertiary/aromatic N) is 3. The summed E-state index contributed by atoms with van der Waals surface area (Å²) in [5.74, 6) is 6.51. The summed E-state index contributed by atoms with van der Waals surface area (Å²) >= 11 is 13.1. The Morgan fingerprint density at radius 2 is 2.04 bits per heavy atom. The normalized spacial score (nSPS) is 11.5. The van der Waals surface area contributed by atoms with E-state index >= 15 is 0 Å². The highest BCUT2D eigenvalue weighted by molar-refractivity contribution is 7.99. The Morgan fingerprint density at radius 3 is 2.65 bits per heavy atom. The molecule has 1 heterocycles. The third kappa shape index (κ3) is 4.31. The molecule has 0 aliphatic rings. The fraction of sp³-hybridized carbons (Fsp3) is 0.357. The second-order valence-electron chi connectivity index (χ2n) is 5.86. The third-order valence-electron chi connectivity index (χ3n) is 2.89. The fourth-order valence-electron chi connectivity index (χ4n) is 1.80. The van der Waals surface area contributed by atoms with Gasteiger partial charge in [-0.15, -0.1) is 10.2 Å². The first-order valence-electron chi connectivity index (χ1n) is 6.78. The number of nitrogens with one attached hydrogen (secondary N) is 1. The largest absolute Gasteiger partial charge is 0.336 e. The van der Waals surface area contributed by atoms with Gasteiger partial charge in [0.15, 0.2) is 5.82 Å². The minimum atomic E-state index is -0.237. The minimum absolute atomic E-state index is 0.127. The lowest BCUT2D eigenvalue weighted by molar-refractivity contribution is -0.113. The van der Waals surface area contributed by atoms with Gasteiger partial charge in [0.1, 0.15) is 0 Å². The van der Waals surface area contributed by atoms with E-state index in [1.807, 2.05) is 20.8 Å². The van der Waals surface area contributed by atoms with E-state index in [9.17, 15) is 4.79 Å². The molecule has 6 nitrogen and oxygen atoms in total. The van der Waals surface area contributed by atoms with Crippen LogP contribution in [0, 0.1) is 0 Å².